The van der Waals surface area contributed by atoms with Gasteiger partial charge in [0.05, 0.1) is 12.6 Å². The van der Waals surface area contributed by atoms with Crippen molar-refractivity contribution in [3.05, 3.63) is 11.7 Å². The number of nitrogens with one attached hydrogen (secondary N) is 1. The summed E-state index contributed by atoms with van der Waals surface area (Å²) in [4.78, 5) is 30.5. The Hall–Kier alpha value is -1.76. The van der Waals surface area contributed by atoms with Crippen molar-refractivity contribution < 1.29 is 14.1 Å². The maximum absolute atomic E-state index is 12.5. The van der Waals surface area contributed by atoms with E-state index in [0.717, 1.165) is 6.42 Å². The Labute approximate surface area is 130 Å². The third kappa shape index (κ3) is 3.91. The molecular weight excluding hydrogens is 284 g/mol. The number of aromatic nitrogens is 2. The number of ketones is 1. The van der Waals surface area contributed by atoms with Gasteiger partial charge in [-0.2, -0.15) is 4.98 Å². The van der Waals surface area contributed by atoms with Gasteiger partial charge in [0.25, 0.3) is 0 Å². The molecule has 0 aliphatic carbocycles. The molecule has 1 saturated heterocycles. The maximum Gasteiger partial charge on any atom is 0.240 e. The van der Waals surface area contributed by atoms with Crippen molar-refractivity contribution in [3.8, 4) is 0 Å². The number of amides is 1. The maximum atomic E-state index is 12.5. The molecule has 1 fully saturated rings. The van der Waals surface area contributed by atoms with E-state index in [-0.39, 0.29) is 29.6 Å². The third-order valence-corrected chi connectivity index (χ3v) is 3.64. The molecule has 0 aromatic carbocycles. The Morgan fingerprint density at radius 1 is 1.41 bits per heavy atom. The molecule has 1 aromatic rings. The van der Waals surface area contributed by atoms with E-state index >= 15 is 0 Å². The molecule has 2 rings (SSSR count). The van der Waals surface area contributed by atoms with Gasteiger partial charge in [-0.3, -0.25) is 9.59 Å². The smallest absolute Gasteiger partial charge is 0.240 e. The van der Waals surface area contributed by atoms with Crippen molar-refractivity contribution in [2.45, 2.75) is 58.5 Å². The van der Waals surface area contributed by atoms with Crippen molar-refractivity contribution in [2.24, 2.45) is 0 Å². The van der Waals surface area contributed by atoms with E-state index in [4.69, 9.17) is 4.52 Å². The molecule has 1 N–H and O–H groups in total. The zero-order valence-electron chi connectivity index (χ0n) is 13.7. The second-order valence-electron chi connectivity index (χ2n) is 6.58. The largest absolute Gasteiger partial charge is 0.339 e. The zero-order valence-corrected chi connectivity index (χ0v) is 13.7. The molecule has 0 radical (unpaired) electrons. The summed E-state index contributed by atoms with van der Waals surface area (Å²) in [5.74, 6) is 0.217. The predicted octanol–water partition coefficient (Wildman–Crippen LogP) is 1.19. The topological polar surface area (TPSA) is 88.3 Å². The van der Waals surface area contributed by atoms with Gasteiger partial charge in [0.2, 0.25) is 23.4 Å². The van der Waals surface area contributed by atoms with Gasteiger partial charge in [-0.25, -0.2) is 0 Å². The summed E-state index contributed by atoms with van der Waals surface area (Å²) in [5.41, 5.74) is -0.140. The van der Waals surface area contributed by atoms with Crippen LogP contribution >= 0.6 is 0 Å². The molecule has 1 atom stereocenters. The normalized spacial score (nSPS) is 18.7. The minimum atomic E-state index is -0.475. The highest BCUT2D eigenvalue weighted by Gasteiger charge is 2.36. The van der Waals surface area contributed by atoms with Crippen molar-refractivity contribution in [1.29, 1.82) is 0 Å². The van der Waals surface area contributed by atoms with Crippen LogP contribution in [0.25, 0.3) is 0 Å². The fraction of sp³-hybridized carbons (Fsp3) is 0.733. The first kappa shape index (κ1) is 16.6. The quantitative estimate of drug-likeness (QED) is 0.822. The van der Waals surface area contributed by atoms with Crippen LogP contribution in [0.3, 0.4) is 0 Å². The Morgan fingerprint density at radius 2 is 2.14 bits per heavy atom. The number of Topliss-reactive ketones (excluding diaryl/α,β-unsaturated/α-hetero) is 1. The number of likely N-dealkylation sites (tertiary alicyclic amines) is 1. The first-order valence-corrected chi connectivity index (χ1v) is 7.73. The molecule has 1 amide bonds. The van der Waals surface area contributed by atoms with E-state index in [2.05, 4.69) is 15.5 Å². The number of carbonyl (C=O) groups is 2. The van der Waals surface area contributed by atoms with E-state index in [9.17, 15) is 9.59 Å². The minimum Gasteiger partial charge on any atom is -0.339 e. The first-order valence-electron chi connectivity index (χ1n) is 7.73. The highest BCUT2D eigenvalue weighted by molar-refractivity contribution is 5.99. The van der Waals surface area contributed by atoms with Gasteiger partial charge in [-0.1, -0.05) is 12.1 Å². The first-order chi connectivity index (χ1) is 10.3. The van der Waals surface area contributed by atoms with Crippen LogP contribution in [0.1, 0.15) is 57.0 Å². The summed E-state index contributed by atoms with van der Waals surface area (Å²) in [6.45, 7) is 8.69. The lowest BCUT2D eigenvalue weighted by atomic mass is 10.1. The van der Waals surface area contributed by atoms with Gasteiger partial charge < -0.3 is 14.7 Å². The second kappa shape index (κ2) is 6.56. The summed E-state index contributed by atoms with van der Waals surface area (Å²) in [7, 11) is 0. The van der Waals surface area contributed by atoms with Gasteiger partial charge in [0.15, 0.2) is 0 Å². The van der Waals surface area contributed by atoms with Gasteiger partial charge in [-0.05, 0) is 33.6 Å². The van der Waals surface area contributed by atoms with E-state index in [1.165, 1.54) is 0 Å². The molecule has 122 valence electrons. The summed E-state index contributed by atoms with van der Waals surface area (Å²) in [5, 5.41) is 6.88. The van der Waals surface area contributed by atoms with Crippen LogP contribution in [0.4, 0.5) is 0 Å². The number of nitrogens with zero attached hydrogens (tertiary/aromatic N) is 3. The van der Waals surface area contributed by atoms with E-state index in [1.807, 2.05) is 27.7 Å². The van der Waals surface area contributed by atoms with Crippen LogP contribution in [-0.2, 0) is 11.2 Å². The SMILES string of the molecule is CCc1nc(C(=O)C2CCCN2C(=O)CNC(C)(C)C)no1. The van der Waals surface area contributed by atoms with Gasteiger partial charge >= 0.3 is 0 Å². The van der Waals surface area contributed by atoms with Crippen molar-refractivity contribution in [1.82, 2.24) is 20.4 Å². The van der Waals surface area contributed by atoms with Crippen LogP contribution in [0, 0.1) is 0 Å². The van der Waals surface area contributed by atoms with E-state index < -0.39 is 6.04 Å². The van der Waals surface area contributed by atoms with Crippen LogP contribution < -0.4 is 5.32 Å². The lowest BCUT2D eigenvalue weighted by Crippen LogP contribution is -2.48. The molecule has 7 heteroatoms. The fourth-order valence-electron chi connectivity index (χ4n) is 2.43. The Kier molecular flexibility index (Phi) is 4.95. The van der Waals surface area contributed by atoms with Crippen LogP contribution in [0.15, 0.2) is 4.52 Å². The van der Waals surface area contributed by atoms with Crippen molar-refractivity contribution in [2.75, 3.05) is 13.1 Å². The summed E-state index contributed by atoms with van der Waals surface area (Å²) >= 11 is 0. The van der Waals surface area contributed by atoms with Crippen molar-refractivity contribution in [3.63, 3.8) is 0 Å². The molecule has 0 bridgehead atoms. The van der Waals surface area contributed by atoms with Crippen LogP contribution in [0.5, 0.6) is 0 Å². The summed E-state index contributed by atoms with van der Waals surface area (Å²) in [6, 6.07) is -0.475. The summed E-state index contributed by atoms with van der Waals surface area (Å²) < 4.78 is 4.98. The lowest BCUT2D eigenvalue weighted by Gasteiger charge is -2.26. The molecule has 0 spiro atoms. The Bertz CT molecular complexity index is 547. The number of rotatable bonds is 5. The Balaban J connectivity index is 2.03. The monoisotopic (exact) mass is 308 g/mol. The number of hydrogen-bond donors (Lipinski definition) is 1. The molecule has 22 heavy (non-hydrogen) atoms. The fourth-order valence-corrected chi connectivity index (χ4v) is 2.43. The summed E-state index contributed by atoms with van der Waals surface area (Å²) in [6.07, 6.45) is 2.05. The minimum absolute atomic E-state index is 0.0648. The molecule has 1 aliphatic rings. The Morgan fingerprint density at radius 3 is 2.73 bits per heavy atom. The molecule has 1 aromatic heterocycles. The lowest BCUT2D eigenvalue weighted by molar-refractivity contribution is -0.130. The highest BCUT2D eigenvalue weighted by Crippen LogP contribution is 2.20. The zero-order chi connectivity index (χ0) is 16.3. The molecule has 1 unspecified atom stereocenters. The molecule has 0 saturated carbocycles. The second-order valence-corrected chi connectivity index (χ2v) is 6.58. The number of hydrogen-bond acceptors (Lipinski definition) is 6. The van der Waals surface area contributed by atoms with Gasteiger partial charge in [0.1, 0.15) is 0 Å². The van der Waals surface area contributed by atoms with Crippen molar-refractivity contribution >= 4 is 11.7 Å². The third-order valence-electron chi connectivity index (χ3n) is 3.64. The number of carbonyl (C=O) groups excluding carboxylic acids is 2. The average Bonchev–Trinajstić information content (AvgIpc) is 3.11. The van der Waals surface area contributed by atoms with E-state index in [1.54, 1.807) is 4.90 Å². The molecule has 1 aliphatic heterocycles. The molecule has 7 nitrogen and oxygen atoms in total. The van der Waals surface area contributed by atoms with Gasteiger partial charge in [-0.15, -0.1) is 0 Å². The predicted molar refractivity (Wildman–Crippen MR) is 80.5 cm³/mol. The molecular formula is C15H24N4O3. The standard InChI is InChI=1S/C15H24N4O3/c1-5-11-17-14(18-22-11)13(21)10-7-6-8-19(10)12(20)9-16-15(2,3)4/h10,16H,5-9H2,1-4H3. The van der Waals surface area contributed by atoms with E-state index in [0.29, 0.717) is 25.3 Å². The highest BCUT2D eigenvalue weighted by atomic mass is 16.5. The van der Waals surface area contributed by atoms with Crippen LogP contribution in [0.2, 0.25) is 0 Å². The average molecular weight is 308 g/mol. The molecule has 2 heterocycles. The van der Waals surface area contributed by atoms with Gasteiger partial charge in [0, 0.05) is 18.5 Å². The number of aryl methyl sites for hydroxylation is 1. The van der Waals surface area contributed by atoms with Crippen LogP contribution in [-0.4, -0.2) is 51.4 Å².